The van der Waals surface area contributed by atoms with Crippen molar-refractivity contribution < 1.29 is 0 Å². The van der Waals surface area contributed by atoms with Gasteiger partial charge in [-0.2, -0.15) is 0 Å². The average molecular weight is 454 g/mol. The minimum absolute atomic E-state index is 0.257. The molecule has 4 rings (SSSR count). The van der Waals surface area contributed by atoms with Crippen LogP contribution in [-0.4, -0.2) is 31.4 Å². The maximum absolute atomic E-state index is 4.47. The van der Waals surface area contributed by atoms with Crippen molar-refractivity contribution in [1.29, 1.82) is 0 Å². The molecule has 1 aromatic heterocycles. The van der Waals surface area contributed by atoms with Crippen molar-refractivity contribution >= 4 is 23.3 Å². The van der Waals surface area contributed by atoms with Crippen LogP contribution < -0.4 is 10.2 Å². The van der Waals surface area contributed by atoms with Crippen LogP contribution in [0.4, 0.5) is 11.5 Å². The fourth-order valence-electron chi connectivity index (χ4n) is 4.08. The molecule has 0 saturated heterocycles. The third-order valence-corrected chi connectivity index (χ3v) is 7.38. The molecule has 3 aromatic carbocycles. The molecular formula is C29H31N3S. The monoisotopic (exact) mass is 453 g/mol. The molecule has 1 N–H and O–H groups in total. The first-order chi connectivity index (χ1) is 16.2. The van der Waals surface area contributed by atoms with Crippen molar-refractivity contribution in [1.82, 2.24) is 4.98 Å². The minimum atomic E-state index is -0.257. The second-order valence-electron chi connectivity index (χ2n) is 8.20. The Labute approximate surface area is 201 Å². The summed E-state index contributed by atoms with van der Waals surface area (Å²) in [6, 6.07) is 36.7. The molecule has 0 spiro atoms. The average Bonchev–Trinajstić information content (AvgIpc) is 2.88. The van der Waals surface area contributed by atoms with Crippen molar-refractivity contribution in [3.8, 4) is 0 Å². The summed E-state index contributed by atoms with van der Waals surface area (Å²) < 4.78 is -0.257. The van der Waals surface area contributed by atoms with Crippen LogP contribution in [0.15, 0.2) is 109 Å². The van der Waals surface area contributed by atoms with E-state index in [0.29, 0.717) is 0 Å². The van der Waals surface area contributed by atoms with Gasteiger partial charge in [-0.3, -0.25) is 0 Å². The summed E-state index contributed by atoms with van der Waals surface area (Å²) in [4.78, 5) is 6.56. The van der Waals surface area contributed by atoms with Gasteiger partial charge in [-0.05, 0) is 34.9 Å². The molecule has 0 saturated carbocycles. The number of pyridine rings is 1. The van der Waals surface area contributed by atoms with Gasteiger partial charge < -0.3 is 10.2 Å². The van der Waals surface area contributed by atoms with Gasteiger partial charge in [0, 0.05) is 38.6 Å². The number of rotatable bonds is 10. The van der Waals surface area contributed by atoms with Crippen LogP contribution in [0, 0.1) is 0 Å². The molecule has 0 aliphatic rings. The Morgan fingerprint density at radius 1 is 0.758 bits per heavy atom. The van der Waals surface area contributed by atoms with Gasteiger partial charge in [0.1, 0.15) is 5.82 Å². The topological polar surface area (TPSA) is 28.2 Å². The maximum atomic E-state index is 4.47. The number of thioether (sulfide) groups is 1. The van der Waals surface area contributed by atoms with Crippen LogP contribution in [0.1, 0.15) is 23.1 Å². The van der Waals surface area contributed by atoms with Crippen molar-refractivity contribution in [3.63, 3.8) is 0 Å². The summed E-state index contributed by atoms with van der Waals surface area (Å²) >= 11 is 2.00. The van der Waals surface area contributed by atoms with E-state index in [2.05, 4.69) is 112 Å². The molecule has 0 bridgehead atoms. The second kappa shape index (κ2) is 11.1. The highest BCUT2D eigenvalue weighted by Gasteiger charge is 2.36. The molecule has 0 fully saturated rings. The lowest BCUT2D eigenvalue weighted by Crippen LogP contribution is -2.26. The number of hydrogen-bond donors (Lipinski definition) is 1. The number of aromatic nitrogens is 1. The maximum Gasteiger partial charge on any atom is 0.127 e. The second-order valence-corrected chi connectivity index (χ2v) is 9.51. The highest BCUT2D eigenvalue weighted by atomic mass is 32.2. The molecule has 0 aliphatic heterocycles. The Morgan fingerprint density at radius 3 is 1.76 bits per heavy atom. The Balaban J connectivity index is 1.55. The summed E-state index contributed by atoms with van der Waals surface area (Å²) in [7, 11) is 4.10. The Morgan fingerprint density at radius 2 is 1.27 bits per heavy atom. The van der Waals surface area contributed by atoms with Crippen LogP contribution in [-0.2, 0) is 4.75 Å². The number of anilines is 2. The summed E-state index contributed by atoms with van der Waals surface area (Å²) in [5.41, 5.74) is 5.07. The SMILES string of the molecule is CN(C)c1ccnc(NCCCSC(c2ccccc2)(c2ccccc2)c2ccccc2)c1. The fourth-order valence-corrected chi connectivity index (χ4v) is 5.58. The largest absolute Gasteiger partial charge is 0.378 e. The van der Waals surface area contributed by atoms with Gasteiger partial charge in [-0.1, -0.05) is 91.0 Å². The lowest BCUT2D eigenvalue weighted by Gasteiger charge is -2.35. The predicted octanol–water partition coefficient (Wildman–Crippen LogP) is 6.67. The van der Waals surface area contributed by atoms with Gasteiger partial charge in [0.15, 0.2) is 0 Å². The Bertz CT molecular complexity index is 1020. The third kappa shape index (κ3) is 5.40. The normalized spacial score (nSPS) is 11.2. The number of nitrogens with one attached hydrogen (secondary N) is 1. The molecule has 0 atom stereocenters. The minimum Gasteiger partial charge on any atom is -0.378 e. The van der Waals surface area contributed by atoms with E-state index in [1.165, 1.54) is 16.7 Å². The zero-order chi connectivity index (χ0) is 22.9. The smallest absolute Gasteiger partial charge is 0.127 e. The summed E-state index contributed by atoms with van der Waals surface area (Å²) in [5.74, 6) is 1.94. The lowest BCUT2D eigenvalue weighted by molar-refractivity contribution is 0.884. The molecule has 4 heteroatoms. The van der Waals surface area contributed by atoms with Crippen LogP contribution in [0.25, 0.3) is 0 Å². The molecule has 0 unspecified atom stereocenters. The van der Waals surface area contributed by atoms with Crippen molar-refractivity contribution in [2.45, 2.75) is 11.2 Å². The lowest BCUT2D eigenvalue weighted by atomic mass is 9.84. The standard InChI is InChI=1S/C29H31N3S/c1-32(2)27-19-21-31-28(23-27)30-20-12-22-33-29(24-13-6-3-7-14-24,25-15-8-4-9-16-25)26-17-10-5-11-18-26/h3-11,13-19,21,23H,12,20,22H2,1-2H3,(H,30,31). The van der Waals surface area contributed by atoms with Crippen molar-refractivity contribution in [2.75, 3.05) is 36.6 Å². The van der Waals surface area contributed by atoms with E-state index in [1.54, 1.807) is 0 Å². The van der Waals surface area contributed by atoms with Crippen molar-refractivity contribution in [2.24, 2.45) is 0 Å². The van der Waals surface area contributed by atoms with Crippen LogP contribution in [0.5, 0.6) is 0 Å². The van der Waals surface area contributed by atoms with E-state index in [0.717, 1.165) is 30.2 Å². The summed E-state index contributed by atoms with van der Waals surface area (Å²) in [5, 5.41) is 3.49. The fraction of sp³-hybridized carbons (Fsp3) is 0.207. The molecule has 0 aliphatic carbocycles. The summed E-state index contributed by atoms with van der Waals surface area (Å²) in [6.07, 6.45) is 2.89. The zero-order valence-electron chi connectivity index (χ0n) is 19.3. The van der Waals surface area contributed by atoms with Gasteiger partial charge in [0.2, 0.25) is 0 Å². The first-order valence-corrected chi connectivity index (χ1v) is 12.4. The summed E-state index contributed by atoms with van der Waals surface area (Å²) in [6.45, 7) is 0.880. The molecular weight excluding hydrogens is 422 g/mol. The first kappa shape index (κ1) is 22.9. The molecule has 4 aromatic rings. The van der Waals surface area contributed by atoms with Gasteiger partial charge in [0.05, 0.1) is 4.75 Å². The highest BCUT2D eigenvalue weighted by molar-refractivity contribution is 8.00. The molecule has 1 heterocycles. The van der Waals surface area contributed by atoms with E-state index < -0.39 is 0 Å². The van der Waals surface area contributed by atoms with E-state index in [1.807, 2.05) is 38.1 Å². The van der Waals surface area contributed by atoms with E-state index in [4.69, 9.17) is 0 Å². The van der Waals surface area contributed by atoms with Crippen molar-refractivity contribution in [3.05, 3.63) is 126 Å². The van der Waals surface area contributed by atoms with Gasteiger partial charge in [-0.25, -0.2) is 4.98 Å². The zero-order valence-corrected chi connectivity index (χ0v) is 20.1. The molecule has 168 valence electrons. The van der Waals surface area contributed by atoms with Crippen LogP contribution in [0.3, 0.4) is 0 Å². The highest BCUT2D eigenvalue weighted by Crippen LogP contribution is 2.48. The predicted molar refractivity (Wildman–Crippen MR) is 143 cm³/mol. The van der Waals surface area contributed by atoms with Gasteiger partial charge in [0.25, 0.3) is 0 Å². The van der Waals surface area contributed by atoms with Gasteiger partial charge in [-0.15, -0.1) is 11.8 Å². The molecule has 3 nitrogen and oxygen atoms in total. The van der Waals surface area contributed by atoms with E-state index in [-0.39, 0.29) is 4.75 Å². The first-order valence-electron chi connectivity index (χ1n) is 11.4. The number of hydrogen-bond acceptors (Lipinski definition) is 4. The molecule has 0 amide bonds. The quantitative estimate of drug-likeness (QED) is 0.214. The Kier molecular flexibility index (Phi) is 7.69. The number of benzene rings is 3. The molecule has 0 radical (unpaired) electrons. The van der Waals surface area contributed by atoms with Crippen LogP contribution >= 0.6 is 11.8 Å². The van der Waals surface area contributed by atoms with Crippen LogP contribution in [0.2, 0.25) is 0 Å². The Hall–Kier alpha value is -3.24. The van der Waals surface area contributed by atoms with Gasteiger partial charge >= 0.3 is 0 Å². The molecule has 33 heavy (non-hydrogen) atoms. The number of nitrogens with zero attached hydrogens (tertiary/aromatic N) is 2. The van der Waals surface area contributed by atoms with E-state index >= 15 is 0 Å². The van der Waals surface area contributed by atoms with E-state index in [9.17, 15) is 0 Å². The third-order valence-electron chi connectivity index (χ3n) is 5.75.